The number of benzene rings is 4. The number of para-hydroxylation sites is 1. The topological polar surface area (TPSA) is 169 Å². The zero-order valence-electron chi connectivity index (χ0n) is 35.3. The van der Waals surface area contributed by atoms with Crippen LogP contribution in [0.2, 0.25) is 10.0 Å². The summed E-state index contributed by atoms with van der Waals surface area (Å²) in [4.78, 5) is 24.5. The van der Waals surface area contributed by atoms with E-state index in [2.05, 4.69) is 10.3 Å². The molecule has 2 N–H and O–H groups in total. The zero-order valence-corrected chi connectivity index (χ0v) is 36.8. The van der Waals surface area contributed by atoms with Crippen molar-refractivity contribution in [2.45, 2.75) is 97.0 Å². The molecule has 1 aliphatic rings. The number of hydrogen-bond acceptors (Lipinski definition) is 9. The van der Waals surface area contributed by atoms with Crippen LogP contribution in [-0.2, 0) is 51.8 Å². The second-order valence-corrected chi connectivity index (χ2v) is 17.2. The van der Waals surface area contributed by atoms with E-state index in [4.69, 9.17) is 47.6 Å². The second-order valence-electron chi connectivity index (χ2n) is 16.4. The van der Waals surface area contributed by atoms with Gasteiger partial charge < -0.3 is 24.4 Å². The highest BCUT2D eigenvalue weighted by molar-refractivity contribution is 6.32. The molecule has 16 heteroatoms. The average Bonchev–Trinajstić information content (AvgIpc) is 3.63. The van der Waals surface area contributed by atoms with Gasteiger partial charge in [-0.3, -0.25) is 4.68 Å². The third-order valence-electron chi connectivity index (χ3n) is 11.2. The first-order chi connectivity index (χ1) is 30.2. The van der Waals surface area contributed by atoms with Crippen LogP contribution in [0.3, 0.4) is 0 Å². The van der Waals surface area contributed by atoms with Crippen LogP contribution in [0.1, 0.15) is 69.5 Å². The number of carboxylic acids is 2. The minimum atomic E-state index is -1.56. The highest BCUT2D eigenvalue weighted by Crippen LogP contribution is 2.34. The Morgan fingerprint density at radius 1 is 0.778 bits per heavy atom. The second kappa shape index (κ2) is 18.0. The Balaban J connectivity index is 0.993. The van der Waals surface area contributed by atoms with Crippen molar-refractivity contribution in [3.8, 4) is 34.0 Å². The van der Waals surface area contributed by atoms with Gasteiger partial charge in [0.2, 0.25) is 0 Å². The molecule has 1 fully saturated rings. The molecule has 0 radical (unpaired) electrons. The van der Waals surface area contributed by atoms with Crippen LogP contribution in [0.4, 0.5) is 0 Å². The van der Waals surface area contributed by atoms with Crippen molar-refractivity contribution >= 4 is 46.2 Å². The molecule has 8 rings (SSSR count). The number of aliphatic carboxylic acids is 2. The molecule has 0 bridgehead atoms. The van der Waals surface area contributed by atoms with Crippen LogP contribution in [0, 0.1) is 0 Å². The van der Waals surface area contributed by atoms with E-state index in [-0.39, 0.29) is 32.3 Å². The lowest BCUT2D eigenvalue weighted by atomic mass is 9.96. The van der Waals surface area contributed by atoms with Gasteiger partial charge in [-0.25, -0.2) is 19.0 Å². The molecule has 1 unspecified atom stereocenters. The van der Waals surface area contributed by atoms with Gasteiger partial charge >= 0.3 is 11.9 Å². The Bertz CT molecular complexity index is 2810. The molecule has 326 valence electrons. The van der Waals surface area contributed by atoms with E-state index in [0.717, 1.165) is 63.3 Å². The number of ether oxygens (including phenoxy) is 3. The maximum absolute atomic E-state index is 12.8. The van der Waals surface area contributed by atoms with Gasteiger partial charge in [-0.15, -0.1) is 5.10 Å². The Morgan fingerprint density at radius 2 is 1.52 bits per heavy atom. The molecule has 63 heavy (non-hydrogen) atoms. The number of fused-ring (bicyclic) bond motifs is 1. The summed E-state index contributed by atoms with van der Waals surface area (Å²) >= 11 is 13.6. The third kappa shape index (κ3) is 9.79. The molecule has 14 nitrogen and oxygen atoms in total. The van der Waals surface area contributed by atoms with Gasteiger partial charge in [0, 0.05) is 22.7 Å². The number of aromatic nitrogens is 7. The lowest BCUT2D eigenvalue weighted by molar-refractivity contribution is -0.166. The van der Waals surface area contributed by atoms with Crippen molar-refractivity contribution in [2.24, 2.45) is 0 Å². The number of nitrogens with zero attached hydrogens (tertiary/aromatic N) is 7. The van der Waals surface area contributed by atoms with Crippen LogP contribution >= 0.6 is 23.2 Å². The molecule has 0 saturated heterocycles. The van der Waals surface area contributed by atoms with Gasteiger partial charge in [-0.05, 0) is 119 Å². The molecular formula is C47H47Cl2N7O7. The van der Waals surface area contributed by atoms with Crippen LogP contribution in [0.25, 0.3) is 39.2 Å². The van der Waals surface area contributed by atoms with E-state index in [0.29, 0.717) is 40.1 Å². The van der Waals surface area contributed by atoms with Crippen molar-refractivity contribution in [1.82, 2.24) is 34.6 Å². The smallest absolute Gasteiger partial charge is 0.335 e. The summed E-state index contributed by atoms with van der Waals surface area (Å²) in [6, 6.07) is 30.5. The molecule has 7 aromatic rings. The molecule has 3 heterocycles. The summed E-state index contributed by atoms with van der Waals surface area (Å²) in [5.74, 6) is -1.42. The van der Waals surface area contributed by atoms with Crippen LogP contribution < -0.4 is 4.74 Å². The van der Waals surface area contributed by atoms with Gasteiger partial charge in [-0.1, -0.05) is 70.9 Å². The first-order valence-corrected chi connectivity index (χ1v) is 21.5. The van der Waals surface area contributed by atoms with Gasteiger partial charge in [-0.2, -0.15) is 10.2 Å². The van der Waals surface area contributed by atoms with E-state index < -0.39 is 23.1 Å². The summed E-state index contributed by atoms with van der Waals surface area (Å²) in [6.45, 7) is 7.38. The molecule has 0 spiro atoms. The fraction of sp³-hybridized carbons (Fsp3) is 0.319. The molecule has 0 amide bonds. The molecule has 1 atom stereocenters. The lowest BCUT2D eigenvalue weighted by Gasteiger charge is -2.25. The third-order valence-corrected chi connectivity index (χ3v) is 11.8. The maximum Gasteiger partial charge on any atom is 0.335 e. The Labute approximate surface area is 373 Å². The van der Waals surface area contributed by atoms with Gasteiger partial charge in [0.25, 0.3) is 0 Å². The summed E-state index contributed by atoms with van der Waals surface area (Å²) in [5, 5.41) is 39.2. The van der Waals surface area contributed by atoms with Crippen molar-refractivity contribution in [3.63, 3.8) is 0 Å². The summed E-state index contributed by atoms with van der Waals surface area (Å²) < 4.78 is 23.4. The van der Waals surface area contributed by atoms with E-state index in [9.17, 15) is 19.8 Å². The van der Waals surface area contributed by atoms with E-state index in [1.54, 1.807) is 22.4 Å². The quantitative estimate of drug-likeness (QED) is 0.0794. The normalized spacial score (nSPS) is 13.9. The largest absolute Gasteiger partial charge is 0.490 e. The summed E-state index contributed by atoms with van der Waals surface area (Å²) in [6.07, 6.45) is 2.83. The van der Waals surface area contributed by atoms with Gasteiger partial charge in [0.15, 0.2) is 11.2 Å². The van der Waals surface area contributed by atoms with Gasteiger partial charge in [0.1, 0.15) is 11.3 Å². The highest BCUT2D eigenvalue weighted by Gasteiger charge is 2.35. The average molecular weight is 893 g/mol. The van der Waals surface area contributed by atoms with Crippen molar-refractivity contribution < 1.29 is 34.0 Å². The molecular weight excluding hydrogens is 845 g/mol. The maximum atomic E-state index is 12.8. The van der Waals surface area contributed by atoms with Crippen LogP contribution in [-0.4, -0.2) is 74.0 Å². The molecule has 4 aromatic carbocycles. The summed E-state index contributed by atoms with van der Waals surface area (Å²) in [7, 11) is 0. The van der Waals surface area contributed by atoms with Gasteiger partial charge in [0.05, 0.1) is 64.9 Å². The predicted octanol–water partition coefficient (Wildman–Crippen LogP) is 9.44. The van der Waals surface area contributed by atoms with Crippen LogP contribution in [0.5, 0.6) is 5.75 Å². The number of halogens is 2. The summed E-state index contributed by atoms with van der Waals surface area (Å²) in [5.41, 5.74) is 5.25. The minimum Gasteiger partial charge on any atom is -0.490 e. The molecule has 1 aliphatic carbocycles. The predicted molar refractivity (Wildman–Crippen MR) is 238 cm³/mol. The SMILES string of the molecule is CCn1nnc2ccc(-c3cc(COC(C)(C)C(=O)O)nn3Cc3ccc(CCC(C)(OCc4cc(-c5cccc(OC6CC6)c5)n(-c5ccccc5Cl)n4)C(=O)O)cc3Cl)cc21. The minimum absolute atomic E-state index is 0.0266. The Kier molecular flexibility index (Phi) is 12.4. The number of carbonyl (C=O) groups is 2. The fourth-order valence-electron chi connectivity index (χ4n) is 7.08. The fourth-order valence-corrected chi connectivity index (χ4v) is 7.56. The monoisotopic (exact) mass is 891 g/mol. The molecule has 3 aromatic heterocycles. The Morgan fingerprint density at radius 3 is 2.25 bits per heavy atom. The lowest BCUT2D eigenvalue weighted by Crippen LogP contribution is -2.38. The zero-order chi connectivity index (χ0) is 44.5. The standard InChI is InChI=1S/C47H47Cl2N7O7/c1-5-54-43-23-31(15-18-39(43)50-53-54)41-24-33(27-61-46(2,3)44(57)58)51-55(41)26-32-14-13-29(21-38(32)49)19-20-47(4,45(59)60)62-28-34-25-42(56(52-34)40-12-7-6-11-37(40)48)30-9-8-10-36(22-30)63-35-16-17-35/h6-15,18,21-25,35H,5,16-17,19-20,26-28H2,1-4H3,(H,57,58)(H,59,60). The van der Waals surface area contributed by atoms with E-state index >= 15 is 0 Å². The number of hydrogen-bond donors (Lipinski definition) is 2. The van der Waals surface area contributed by atoms with Crippen LogP contribution in [0.15, 0.2) is 97.1 Å². The first-order valence-electron chi connectivity index (χ1n) is 20.7. The van der Waals surface area contributed by atoms with E-state index in [1.165, 1.54) is 13.8 Å². The van der Waals surface area contributed by atoms with Crippen molar-refractivity contribution in [3.05, 3.63) is 130 Å². The highest BCUT2D eigenvalue weighted by atomic mass is 35.5. The molecule has 1 saturated carbocycles. The van der Waals surface area contributed by atoms with Crippen molar-refractivity contribution in [2.75, 3.05) is 0 Å². The van der Waals surface area contributed by atoms with E-state index in [1.807, 2.05) is 103 Å². The molecule has 0 aliphatic heterocycles. The number of carboxylic acid groups (broad SMARTS) is 2. The number of rotatable bonds is 19. The first kappa shape index (κ1) is 43.6. The number of aryl methyl sites for hydroxylation is 2. The Hall–Kier alpha value is -6.06. The van der Waals surface area contributed by atoms with Crippen molar-refractivity contribution in [1.29, 1.82) is 0 Å².